The van der Waals surface area contributed by atoms with Gasteiger partial charge in [0.15, 0.2) is 0 Å². The molecule has 2 rings (SSSR count). The summed E-state index contributed by atoms with van der Waals surface area (Å²) in [5.41, 5.74) is 0. The Hall–Kier alpha value is -1.02. The lowest BCUT2D eigenvalue weighted by Gasteiger charge is -2.10. The van der Waals surface area contributed by atoms with E-state index in [9.17, 15) is 0 Å². The second-order valence-corrected chi connectivity index (χ2v) is 5.71. The lowest BCUT2D eigenvalue weighted by atomic mass is 10.1. The predicted molar refractivity (Wildman–Crippen MR) is 85.9 cm³/mol. The highest BCUT2D eigenvalue weighted by Crippen LogP contribution is 2.31. The largest absolute Gasteiger partial charge is 0.493 e. The van der Waals surface area contributed by atoms with Crippen LogP contribution in [-0.4, -0.2) is 6.61 Å². The molecule has 0 saturated heterocycles. The average Bonchev–Trinajstić information content (AvgIpc) is 2.45. The lowest BCUT2D eigenvalue weighted by Crippen LogP contribution is -1.98. The van der Waals surface area contributed by atoms with Crippen LogP contribution in [0.1, 0.15) is 39.0 Å². The lowest BCUT2D eigenvalue weighted by molar-refractivity contribution is 0.308. The van der Waals surface area contributed by atoms with Gasteiger partial charge in [-0.1, -0.05) is 72.8 Å². The van der Waals surface area contributed by atoms with E-state index >= 15 is 0 Å². The maximum Gasteiger partial charge on any atom is 0.127 e. The number of rotatable bonds is 7. The highest BCUT2D eigenvalue weighted by molar-refractivity contribution is 9.10. The fraction of sp³-hybridized carbons (Fsp3) is 0.412. The van der Waals surface area contributed by atoms with E-state index in [0.717, 1.165) is 23.2 Å². The molecule has 0 aliphatic heterocycles. The number of ether oxygens (including phenoxy) is 1. The molecule has 0 fully saturated rings. The van der Waals surface area contributed by atoms with Gasteiger partial charge in [-0.15, -0.1) is 0 Å². The Bertz CT molecular complexity index is 522. The fourth-order valence-corrected chi connectivity index (χ4v) is 2.73. The Morgan fingerprint density at radius 2 is 1.63 bits per heavy atom. The molecule has 2 aromatic rings. The molecule has 0 N–H and O–H groups in total. The molecule has 0 aliphatic carbocycles. The van der Waals surface area contributed by atoms with Crippen LogP contribution in [0.25, 0.3) is 10.8 Å². The Balaban J connectivity index is 1.96. The summed E-state index contributed by atoms with van der Waals surface area (Å²) in [5.74, 6) is 0.995. The van der Waals surface area contributed by atoms with E-state index in [0.29, 0.717) is 0 Å². The fourth-order valence-electron chi connectivity index (χ4n) is 2.25. The van der Waals surface area contributed by atoms with E-state index in [2.05, 4.69) is 59.3 Å². The van der Waals surface area contributed by atoms with Crippen LogP contribution in [0, 0.1) is 0 Å². The summed E-state index contributed by atoms with van der Waals surface area (Å²) in [5, 5.41) is 2.40. The maximum atomic E-state index is 5.93. The molecule has 0 bridgehead atoms. The number of fused-ring (bicyclic) bond motifs is 1. The molecule has 0 heterocycles. The molecule has 0 unspecified atom stereocenters. The van der Waals surface area contributed by atoms with Gasteiger partial charge in [-0.05, 0) is 23.9 Å². The normalized spacial score (nSPS) is 10.8. The number of halogens is 1. The Morgan fingerprint density at radius 3 is 2.42 bits per heavy atom. The van der Waals surface area contributed by atoms with Crippen LogP contribution in [0.4, 0.5) is 0 Å². The van der Waals surface area contributed by atoms with E-state index in [1.54, 1.807) is 0 Å². The number of hydrogen-bond donors (Lipinski definition) is 0. The minimum absolute atomic E-state index is 0.815. The molecule has 19 heavy (non-hydrogen) atoms. The minimum Gasteiger partial charge on any atom is -0.493 e. The average molecular weight is 321 g/mol. The van der Waals surface area contributed by atoms with E-state index in [1.807, 2.05) is 0 Å². The maximum absolute atomic E-state index is 5.93. The second kappa shape index (κ2) is 7.54. The molecule has 0 aromatic heterocycles. The molecule has 0 aliphatic rings. The molecule has 1 nitrogen and oxygen atoms in total. The van der Waals surface area contributed by atoms with Crippen molar-refractivity contribution >= 4 is 26.7 Å². The van der Waals surface area contributed by atoms with Gasteiger partial charge >= 0.3 is 0 Å². The third-order valence-electron chi connectivity index (χ3n) is 3.34. The van der Waals surface area contributed by atoms with Crippen molar-refractivity contribution in [3.8, 4) is 5.75 Å². The summed E-state index contributed by atoms with van der Waals surface area (Å²) in [4.78, 5) is 0. The zero-order valence-electron chi connectivity index (χ0n) is 11.5. The smallest absolute Gasteiger partial charge is 0.127 e. The standard InChI is InChI=1S/C17H21BrO/c1-2-3-4-5-8-13-19-17-12-11-16(18)14-9-6-7-10-15(14)17/h6-7,9-12H,2-5,8,13H2,1H3. The van der Waals surface area contributed by atoms with Gasteiger partial charge in [0.25, 0.3) is 0 Å². The quantitative estimate of drug-likeness (QED) is 0.572. The highest BCUT2D eigenvalue weighted by Gasteiger charge is 2.04. The number of benzene rings is 2. The first-order valence-corrected chi connectivity index (χ1v) is 7.92. The van der Waals surface area contributed by atoms with Crippen molar-refractivity contribution in [3.05, 3.63) is 40.9 Å². The molecule has 0 spiro atoms. The molecule has 102 valence electrons. The molecular formula is C17H21BrO. The summed E-state index contributed by atoms with van der Waals surface area (Å²) in [6.07, 6.45) is 6.35. The van der Waals surface area contributed by atoms with E-state index in [4.69, 9.17) is 4.74 Å². The van der Waals surface area contributed by atoms with Gasteiger partial charge in [-0.3, -0.25) is 0 Å². The Morgan fingerprint density at radius 1 is 0.895 bits per heavy atom. The van der Waals surface area contributed by atoms with Gasteiger partial charge in [0.1, 0.15) is 5.75 Å². The molecular weight excluding hydrogens is 300 g/mol. The summed E-state index contributed by atoms with van der Waals surface area (Å²) >= 11 is 3.59. The van der Waals surface area contributed by atoms with Crippen LogP contribution in [0.2, 0.25) is 0 Å². The predicted octanol–water partition coefficient (Wildman–Crippen LogP) is 5.95. The Labute approximate surface area is 124 Å². The zero-order valence-corrected chi connectivity index (χ0v) is 13.1. The molecule has 2 aromatic carbocycles. The first kappa shape index (κ1) is 14.4. The summed E-state index contributed by atoms with van der Waals surface area (Å²) in [6.45, 7) is 3.06. The first-order valence-electron chi connectivity index (χ1n) is 7.13. The number of unbranched alkanes of at least 4 members (excludes halogenated alkanes) is 4. The van der Waals surface area contributed by atoms with E-state index < -0.39 is 0 Å². The second-order valence-electron chi connectivity index (χ2n) is 4.85. The van der Waals surface area contributed by atoms with Crippen molar-refractivity contribution in [1.29, 1.82) is 0 Å². The first-order chi connectivity index (χ1) is 9.33. The van der Waals surface area contributed by atoms with E-state index in [1.165, 1.54) is 36.5 Å². The molecule has 0 saturated carbocycles. The summed E-state index contributed by atoms with van der Waals surface area (Å²) in [7, 11) is 0. The van der Waals surface area contributed by atoms with Crippen molar-refractivity contribution in [3.63, 3.8) is 0 Å². The van der Waals surface area contributed by atoms with Crippen molar-refractivity contribution in [2.24, 2.45) is 0 Å². The van der Waals surface area contributed by atoms with Crippen LogP contribution >= 0.6 is 15.9 Å². The molecule has 0 amide bonds. The number of hydrogen-bond acceptors (Lipinski definition) is 1. The summed E-state index contributed by atoms with van der Waals surface area (Å²) in [6, 6.07) is 12.5. The van der Waals surface area contributed by atoms with Crippen LogP contribution in [0.3, 0.4) is 0 Å². The van der Waals surface area contributed by atoms with Crippen LogP contribution in [-0.2, 0) is 0 Å². The van der Waals surface area contributed by atoms with Gasteiger partial charge < -0.3 is 4.74 Å². The summed E-state index contributed by atoms with van der Waals surface area (Å²) < 4.78 is 7.06. The van der Waals surface area contributed by atoms with E-state index in [-0.39, 0.29) is 0 Å². The van der Waals surface area contributed by atoms with Gasteiger partial charge in [0, 0.05) is 9.86 Å². The van der Waals surface area contributed by atoms with Crippen LogP contribution in [0.5, 0.6) is 5.75 Å². The topological polar surface area (TPSA) is 9.23 Å². The third-order valence-corrected chi connectivity index (χ3v) is 4.03. The molecule has 2 heteroatoms. The highest BCUT2D eigenvalue weighted by atomic mass is 79.9. The van der Waals surface area contributed by atoms with Crippen LogP contribution < -0.4 is 4.74 Å². The molecule has 0 atom stereocenters. The molecule has 0 radical (unpaired) electrons. The zero-order chi connectivity index (χ0) is 13.5. The van der Waals surface area contributed by atoms with Crippen molar-refractivity contribution in [2.75, 3.05) is 6.61 Å². The SMILES string of the molecule is CCCCCCCOc1ccc(Br)c2ccccc12. The van der Waals surface area contributed by atoms with Crippen LogP contribution in [0.15, 0.2) is 40.9 Å². The monoisotopic (exact) mass is 320 g/mol. The van der Waals surface area contributed by atoms with Crippen molar-refractivity contribution in [1.82, 2.24) is 0 Å². The minimum atomic E-state index is 0.815. The van der Waals surface area contributed by atoms with Crippen molar-refractivity contribution < 1.29 is 4.74 Å². The van der Waals surface area contributed by atoms with Gasteiger partial charge in [0.05, 0.1) is 6.61 Å². The van der Waals surface area contributed by atoms with Crippen molar-refractivity contribution in [2.45, 2.75) is 39.0 Å². The Kier molecular flexibility index (Phi) is 5.71. The van der Waals surface area contributed by atoms with Gasteiger partial charge in [0.2, 0.25) is 0 Å². The third kappa shape index (κ3) is 3.97. The van der Waals surface area contributed by atoms with Gasteiger partial charge in [-0.25, -0.2) is 0 Å². The van der Waals surface area contributed by atoms with Gasteiger partial charge in [-0.2, -0.15) is 0 Å².